The molecular formula is C15H17Cl2N3. The maximum Gasteiger partial charge on any atom is 0.128 e. The minimum atomic E-state index is 0.0493. The highest BCUT2D eigenvalue weighted by molar-refractivity contribution is 6.33. The first-order valence-electron chi connectivity index (χ1n) is 6.32. The Morgan fingerprint density at radius 3 is 2.50 bits per heavy atom. The molecule has 0 aliphatic heterocycles. The van der Waals surface area contributed by atoms with Crippen LogP contribution in [0.1, 0.15) is 18.5 Å². The van der Waals surface area contributed by atoms with Crippen LogP contribution in [0.2, 0.25) is 10.0 Å². The van der Waals surface area contributed by atoms with Crippen molar-refractivity contribution in [3.05, 3.63) is 52.1 Å². The van der Waals surface area contributed by atoms with Gasteiger partial charge in [0, 0.05) is 24.1 Å². The smallest absolute Gasteiger partial charge is 0.128 e. The minimum Gasteiger partial charge on any atom is -0.377 e. The average molecular weight is 310 g/mol. The summed E-state index contributed by atoms with van der Waals surface area (Å²) in [6.45, 7) is 2.04. The molecule has 1 aromatic carbocycles. The Morgan fingerprint density at radius 1 is 1.15 bits per heavy atom. The van der Waals surface area contributed by atoms with E-state index in [0.29, 0.717) is 10.0 Å². The van der Waals surface area contributed by atoms with Crippen LogP contribution in [0.25, 0.3) is 0 Å². The van der Waals surface area contributed by atoms with E-state index in [4.69, 9.17) is 23.2 Å². The molecule has 2 rings (SSSR count). The van der Waals surface area contributed by atoms with Gasteiger partial charge in [-0.05, 0) is 42.8 Å². The first kappa shape index (κ1) is 14.9. The lowest BCUT2D eigenvalue weighted by molar-refractivity contribution is 0.882. The summed E-state index contributed by atoms with van der Waals surface area (Å²) >= 11 is 12.2. The van der Waals surface area contributed by atoms with Gasteiger partial charge in [0.1, 0.15) is 5.82 Å². The largest absolute Gasteiger partial charge is 0.377 e. The van der Waals surface area contributed by atoms with E-state index in [2.05, 4.69) is 10.3 Å². The maximum atomic E-state index is 6.20. The van der Waals surface area contributed by atoms with Crippen LogP contribution >= 0.6 is 23.2 Å². The molecule has 0 amide bonds. The predicted molar refractivity (Wildman–Crippen MR) is 87.1 cm³/mol. The first-order valence-corrected chi connectivity index (χ1v) is 7.08. The van der Waals surface area contributed by atoms with Crippen LogP contribution in [-0.2, 0) is 0 Å². The molecule has 5 heteroatoms. The molecule has 0 saturated carbocycles. The van der Waals surface area contributed by atoms with E-state index in [-0.39, 0.29) is 6.04 Å². The number of pyridine rings is 1. The van der Waals surface area contributed by atoms with Gasteiger partial charge in [-0.2, -0.15) is 0 Å². The van der Waals surface area contributed by atoms with Crippen molar-refractivity contribution in [3.8, 4) is 0 Å². The van der Waals surface area contributed by atoms with Crippen molar-refractivity contribution >= 4 is 34.7 Å². The number of aromatic nitrogens is 1. The number of nitrogens with zero attached hydrogens (tertiary/aromatic N) is 2. The summed E-state index contributed by atoms with van der Waals surface area (Å²) in [5.41, 5.74) is 1.91. The standard InChI is InChI=1S/C15H17Cl2N3/c1-10(13-8-11(16)4-6-14(13)17)19-12-5-7-15(18-9-12)20(2)3/h4-10,19H,1-3H3. The average Bonchev–Trinajstić information content (AvgIpc) is 2.42. The SMILES string of the molecule is CC(Nc1ccc(N(C)C)nc1)c1cc(Cl)ccc1Cl. The summed E-state index contributed by atoms with van der Waals surface area (Å²) in [6.07, 6.45) is 1.81. The van der Waals surface area contributed by atoms with Gasteiger partial charge < -0.3 is 10.2 Å². The van der Waals surface area contributed by atoms with Gasteiger partial charge in [0.05, 0.1) is 17.9 Å². The lowest BCUT2D eigenvalue weighted by atomic mass is 10.1. The van der Waals surface area contributed by atoms with E-state index in [0.717, 1.165) is 17.1 Å². The Balaban J connectivity index is 2.14. The van der Waals surface area contributed by atoms with Gasteiger partial charge in [-0.25, -0.2) is 4.98 Å². The molecule has 0 fully saturated rings. The summed E-state index contributed by atoms with van der Waals surface area (Å²) in [4.78, 5) is 6.33. The molecule has 3 nitrogen and oxygen atoms in total. The molecule has 0 aliphatic carbocycles. The zero-order valence-electron chi connectivity index (χ0n) is 11.7. The van der Waals surface area contributed by atoms with Crippen molar-refractivity contribution in [1.29, 1.82) is 0 Å². The third kappa shape index (κ3) is 3.56. The van der Waals surface area contributed by atoms with Gasteiger partial charge in [-0.15, -0.1) is 0 Å². The molecule has 0 spiro atoms. The number of rotatable bonds is 4. The van der Waals surface area contributed by atoms with Crippen molar-refractivity contribution in [2.75, 3.05) is 24.3 Å². The summed E-state index contributed by atoms with van der Waals surface area (Å²) in [6, 6.07) is 9.49. The molecule has 1 aromatic heterocycles. The second-order valence-corrected chi connectivity index (χ2v) is 5.67. The molecule has 0 bridgehead atoms. The molecule has 0 saturated heterocycles. The number of nitrogens with one attached hydrogen (secondary N) is 1. The lowest BCUT2D eigenvalue weighted by Gasteiger charge is -2.18. The van der Waals surface area contributed by atoms with Crippen LogP contribution in [0.15, 0.2) is 36.5 Å². The summed E-state index contributed by atoms with van der Waals surface area (Å²) < 4.78 is 0. The third-order valence-corrected chi connectivity index (χ3v) is 3.59. The van der Waals surface area contributed by atoms with E-state index >= 15 is 0 Å². The fourth-order valence-electron chi connectivity index (χ4n) is 1.91. The molecule has 2 aromatic rings. The van der Waals surface area contributed by atoms with Gasteiger partial charge in [-0.1, -0.05) is 23.2 Å². The van der Waals surface area contributed by atoms with Gasteiger partial charge in [0.2, 0.25) is 0 Å². The van der Waals surface area contributed by atoms with Crippen LogP contribution in [0.5, 0.6) is 0 Å². The van der Waals surface area contributed by atoms with Crippen LogP contribution in [-0.4, -0.2) is 19.1 Å². The molecule has 1 N–H and O–H groups in total. The summed E-state index contributed by atoms with van der Waals surface area (Å²) in [5.74, 6) is 0.920. The summed E-state index contributed by atoms with van der Waals surface area (Å²) in [7, 11) is 3.92. The number of benzene rings is 1. The first-order chi connectivity index (χ1) is 9.47. The van der Waals surface area contributed by atoms with E-state index in [9.17, 15) is 0 Å². The van der Waals surface area contributed by atoms with Crippen molar-refractivity contribution in [2.24, 2.45) is 0 Å². The van der Waals surface area contributed by atoms with Crippen LogP contribution in [0.3, 0.4) is 0 Å². The number of hydrogen-bond donors (Lipinski definition) is 1. The fourth-order valence-corrected chi connectivity index (χ4v) is 2.37. The monoisotopic (exact) mass is 309 g/mol. The Kier molecular flexibility index (Phi) is 4.73. The Bertz CT molecular complexity index is 582. The Labute approximate surface area is 129 Å². The molecule has 0 aliphatic rings. The second-order valence-electron chi connectivity index (χ2n) is 4.83. The van der Waals surface area contributed by atoms with Crippen molar-refractivity contribution in [3.63, 3.8) is 0 Å². The van der Waals surface area contributed by atoms with E-state index in [1.807, 2.05) is 56.4 Å². The topological polar surface area (TPSA) is 28.2 Å². The second kappa shape index (κ2) is 6.33. The highest BCUT2D eigenvalue weighted by Gasteiger charge is 2.10. The van der Waals surface area contributed by atoms with Crippen LogP contribution in [0.4, 0.5) is 11.5 Å². The minimum absolute atomic E-state index is 0.0493. The van der Waals surface area contributed by atoms with Crippen molar-refractivity contribution < 1.29 is 0 Å². The Morgan fingerprint density at radius 2 is 1.90 bits per heavy atom. The van der Waals surface area contributed by atoms with E-state index in [1.54, 1.807) is 6.07 Å². The van der Waals surface area contributed by atoms with Gasteiger partial charge >= 0.3 is 0 Å². The number of anilines is 2. The lowest BCUT2D eigenvalue weighted by Crippen LogP contribution is -2.11. The fraction of sp³-hybridized carbons (Fsp3) is 0.267. The van der Waals surface area contributed by atoms with E-state index < -0.39 is 0 Å². The molecular weight excluding hydrogens is 293 g/mol. The molecule has 20 heavy (non-hydrogen) atoms. The summed E-state index contributed by atoms with van der Waals surface area (Å²) in [5, 5.41) is 4.75. The van der Waals surface area contributed by atoms with Crippen LogP contribution in [0, 0.1) is 0 Å². The normalized spacial score (nSPS) is 12.1. The van der Waals surface area contributed by atoms with Gasteiger partial charge in [0.25, 0.3) is 0 Å². The van der Waals surface area contributed by atoms with Crippen LogP contribution < -0.4 is 10.2 Å². The van der Waals surface area contributed by atoms with Crippen molar-refractivity contribution in [1.82, 2.24) is 4.98 Å². The quantitative estimate of drug-likeness (QED) is 0.892. The third-order valence-electron chi connectivity index (χ3n) is 3.01. The highest BCUT2D eigenvalue weighted by atomic mass is 35.5. The number of hydrogen-bond acceptors (Lipinski definition) is 3. The maximum absolute atomic E-state index is 6.20. The Hall–Kier alpha value is -1.45. The number of halogens is 2. The zero-order chi connectivity index (χ0) is 14.7. The van der Waals surface area contributed by atoms with Gasteiger partial charge in [0.15, 0.2) is 0 Å². The van der Waals surface area contributed by atoms with E-state index in [1.165, 1.54) is 0 Å². The molecule has 1 atom stereocenters. The molecule has 1 unspecified atom stereocenters. The predicted octanol–water partition coefficient (Wildman–Crippen LogP) is 4.63. The van der Waals surface area contributed by atoms with Gasteiger partial charge in [-0.3, -0.25) is 0 Å². The molecule has 106 valence electrons. The highest BCUT2D eigenvalue weighted by Crippen LogP contribution is 2.28. The van der Waals surface area contributed by atoms with Crippen molar-refractivity contribution in [2.45, 2.75) is 13.0 Å². The molecule has 0 radical (unpaired) electrons. The molecule has 1 heterocycles. The zero-order valence-corrected chi connectivity index (χ0v) is 13.2.